The molecule has 0 aromatic heterocycles. The molecule has 1 aliphatic rings. The van der Waals surface area contributed by atoms with Crippen LogP contribution >= 0.6 is 0 Å². The largest absolute Gasteiger partial charge is 0.374 e. The topological polar surface area (TPSA) is 69.4 Å². The monoisotopic (exact) mass is 233 g/mol. The molecule has 0 spiro atoms. The van der Waals surface area contributed by atoms with Crippen LogP contribution in [0.2, 0.25) is 0 Å². The van der Waals surface area contributed by atoms with Crippen LogP contribution in [-0.2, 0) is 14.8 Å². The second-order valence-electron chi connectivity index (χ2n) is 3.96. The van der Waals surface area contributed by atoms with Crippen LogP contribution in [0.15, 0.2) is 12.2 Å². The summed E-state index contributed by atoms with van der Waals surface area (Å²) in [5.41, 5.74) is 0. The van der Waals surface area contributed by atoms with E-state index in [2.05, 4.69) is 0 Å². The van der Waals surface area contributed by atoms with E-state index in [-0.39, 0.29) is 6.10 Å². The van der Waals surface area contributed by atoms with Gasteiger partial charge in [-0.1, -0.05) is 12.2 Å². The van der Waals surface area contributed by atoms with Crippen LogP contribution in [-0.4, -0.2) is 26.4 Å². The van der Waals surface area contributed by atoms with Crippen molar-refractivity contribution in [2.75, 3.05) is 6.61 Å². The van der Waals surface area contributed by atoms with Gasteiger partial charge in [-0.3, -0.25) is 0 Å². The number of primary sulfonamides is 1. The van der Waals surface area contributed by atoms with E-state index in [0.29, 0.717) is 6.42 Å². The van der Waals surface area contributed by atoms with Gasteiger partial charge in [0.25, 0.3) is 0 Å². The fourth-order valence-corrected chi connectivity index (χ4v) is 1.96. The van der Waals surface area contributed by atoms with E-state index in [1.807, 2.05) is 12.2 Å². The van der Waals surface area contributed by atoms with Gasteiger partial charge in [-0.05, 0) is 32.6 Å². The first-order chi connectivity index (χ1) is 7.00. The number of ether oxygens (including phenoxy) is 1. The molecule has 1 rings (SSSR count). The lowest BCUT2D eigenvalue weighted by molar-refractivity contribution is 0.145. The van der Waals surface area contributed by atoms with Gasteiger partial charge in [-0.25, -0.2) is 13.6 Å². The Bertz CT molecular complexity index is 305. The zero-order valence-electron chi connectivity index (χ0n) is 9.06. The fourth-order valence-electron chi connectivity index (χ4n) is 1.50. The molecular weight excluding hydrogens is 214 g/mol. The van der Waals surface area contributed by atoms with Crippen LogP contribution in [0, 0.1) is 0 Å². The SMILES string of the molecule is C[C@@H](CCC=C[C@H]1CCCO1)S(N)(=O)=O. The summed E-state index contributed by atoms with van der Waals surface area (Å²) in [4.78, 5) is 0. The smallest absolute Gasteiger partial charge is 0.211 e. The van der Waals surface area contributed by atoms with E-state index >= 15 is 0 Å². The molecule has 15 heavy (non-hydrogen) atoms. The van der Waals surface area contributed by atoms with Crippen LogP contribution in [0.25, 0.3) is 0 Å². The molecule has 2 N–H and O–H groups in total. The van der Waals surface area contributed by atoms with Gasteiger partial charge in [0.15, 0.2) is 0 Å². The Morgan fingerprint density at radius 1 is 1.60 bits per heavy atom. The third kappa shape index (κ3) is 4.77. The van der Waals surface area contributed by atoms with Crippen molar-refractivity contribution >= 4 is 10.0 Å². The summed E-state index contributed by atoms with van der Waals surface area (Å²) in [6, 6.07) is 0. The number of rotatable bonds is 5. The van der Waals surface area contributed by atoms with Crippen molar-refractivity contribution < 1.29 is 13.2 Å². The Morgan fingerprint density at radius 2 is 2.33 bits per heavy atom. The van der Waals surface area contributed by atoms with E-state index in [1.54, 1.807) is 6.92 Å². The summed E-state index contributed by atoms with van der Waals surface area (Å²) in [7, 11) is -3.37. The molecule has 1 fully saturated rings. The number of allylic oxidation sites excluding steroid dienone is 1. The highest BCUT2D eigenvalue weighted by Gasteiger charge is 2.14. The van der Waals surface area contributed by atoms with Gasteiger partial charge in [0, 0.05) is 6.61 Å². The number of hydrogen-bond donors (Lipinski definition) is 1. The third-order valence-electron chi connectivity index (χ3n) is 2.62. The lowest BCUT2D eigenvalue weighted by Crippen LogP contribution is -2.25. The van der Waals surface area contributed by atoms with Crippen LogP contribution in [0.1, 0.15) is 32.6 Å². The molecule has 0 amide bonds. The maximum atomic E-state index is 10.9. The fraction of sp³-hybridized carbons (Fsp3) is 0.800. The van der Waals surface area contributed by atoms with Gasteiger partial charge < -0.3 is 4.74 Å². The van der Waals surface area contributed by atoms with Crippen molar-refractivity contribution in [1.29, 1.82) is 0 Å². The molecule has 88 valence electrons. The van der Waals surface area contributed by atoms with Crippen molar-refractivity contribution in [3.05, 3.63) is 12.2 Å². The van der Waals surface area contributed by atoms with Gasteiger partial charge in [0.1, 0.15) is 0 Å². The molecule has 0 unspecified atom stereocenters. The molecule has 1 heterocycles. The van der Waals surface area contributed by atoms with E-state index in [9.17, 15) is 8.42 Å². The van der Waals surface area contributed by atoms with Crippen LogP contribution < -0.4 is 5.14 Å². The van der Waals surface area contributed by atoms with Crippen molar-refractivity contribution in [3.8, 4) is 0 Å². The Morgan fingerprint density at radius 3 is 2.87 bits per heavy atom. The third-order valence-corrected chi connectivity index (χ3v) is 3.97. The highest BCUT2D eigenvalue weighted by atomic mass is 32.2. The predicted molar refractivity (Wildman–Crippen MR) is 59.9 cm³/mol. The normalized spacial score (nSPS) is 24.8. The van der Waals surface area contributed by atoms with Gasteiger partial charge in [0.2, 0.25) is 10.0 Å². The molecule has 1 aliphatic heterocycles. The molecule has 0 aliphatic carbocycles. The summed E-state index contributed by atoms with van der Waals surface area (Å²) >= 11 is 0. The van der Waals surface area contributed by atoms with E-state index < -0.39 is 15.3 Å². The summed E-state index contributed by atoms with van der Waals surface area (Å²) in [6.45, 7) is 2.47. The molecule has 0 bridgehead atoms. The minimum absolute atomic E-state index is 0.231. The molecule has 5 heteroatoms. The summed E-state index contributed by atoms with van der Waals surface area (Å²) in [5.74, 6) is 0. The van der Waals surface area contributed by atoms with Crippen molar-refractivity contribution in [2.24, 2.45) is 5.14 Å². The molecular formula is C10H19NO3S. The second-order valence-corrected chi connectivity index (χ2v) is 5.94. The van der Waals surface area contributed by atoms with Crippen LogP contribution in [0.3, 0.4) is 0 Å². The summed E-state index contributed by atoms with van der Waals surface area (Å²) in [6.07, 6.45) is 7.72. The van der Waals surface area contributed by atoms with Gasteiger partial charge in [-0.2, -0.15) is 0 Å². The minimum Gasteiger partial charge on any atom is -0.374 e. The van der Waals surface area contributed by atoms with Crippen LogP contribution in [0.5, 0.6) is 0 Å². The first kappa shape index (κ1) is 12.7. The van der Waals surface area contributed by atoms with E-state index in [4.69, 9.17) is 9.88 Å². The molecule has 0 radical (unpaired) electrons. The van der Waals surface area contributed by atoms with Crippen molar-refractivity contribution in [1.82, 2.24) is 0 Å². The Balaban J connectivity index is 2.20. The Kier molecular flexibility index (Phi) is 4.76. The van der Waals surface area contributed by atoms with Crippen molar-refractivity contribution in [3.63, 3.8) is 0 Å². The molecule has 0 aromatic carbocycles. The standard InChI is InChI=1S/C10H19NO3S/c1-9(15(11,12)13)5-2-3-6-10-7-4-8-14-10/h3,6,9-10H,2,4-5,7-8H2,1H3,(H2,11,12,13)/t9-,10-/m0/s1. The predicted octanol–water partition coefficient (Wildman–Crippen LogP) is 1.18. The Hall–Kier alpha value is -0.390. The highest BCUT2D eigenvalue weighted by Crippen LogP contribution is 2.14. The molecule has 2 atom stereocenters. The number of sulfonamides is 1. The van der Waals surface area contributed by atoms with E-state index in [1.165, 1.54) is 0 Å². The van der Waals surface area contributed by atoms with Crippen molar-refractivity contribution in [2.45, 2.75) is 44.0 Å². The first-order valence-corrected chi connectivity index (χ1v) is 6.91. The number of nitrogens with two attached hydrogens (primary N) is 1. The van der Waals surface area contributed by atoms with Crippen LogP contribution in [0.4, 0.5) is 0 Å². The maximum Gasteiger partial charge on any atom is 0.211 e. The molecule has 0 saturated carbocycles. The summed E-state index contributed by atoms with van der Waals surface area (Å²) < 4.78 is 27.2. The minimum atomic E-state index is -3.37. The average molecular weight is 233 g/mol. The molecule has 0 aromatic rings. The first-order valence-electron chi connectivity index (χ1n) is 5.30. The molecule has 4 nitrogen and oxygen atoms in total. The van der Waals surface area contributed by atoms with E-state index in [0.717, 1.165) is 25.9 Å². The van der Waals surface area contributed by atoms with Gasteiger partial charge in [0.05, 0.1) is 11.4 Å². The van der Waals surface area contributed by atoms with Gasteiger partial charge >= 0.3 is 0 Å². The van der Waals surface area contributed by atoms with Gasteiger partial charge in [-0.15, -0.1) is 0 Å². The quantitative estimate of drug-likeness (QED) is 0.725. The second kappa shape index (κ2) is 5.63. The molecule has 1 saturated heterocycles. The lowest BCUT2D eigenvalue weighted by Gasteiger charge is -2.06. The number of hydrogen-bond acceptors (Lipinski definition) is 3. The summed E-state index contributed by atoms with van der Waals surface area (Å²) in [5, 5.41) is 4.54. The Labute approximate surface area is 91.5 Å². The highest BCUT2D eigenvalue weighted by molar-refractivity contribution is 7.89. The lowest BCUT2D eigenvalue weighted by atomic mass is 10.2. The maximum absolute atomic E-state index is 10.9. The average Bonchev–Trinajstić information content (AvgIpc) is 2.63. The zero-order chi connectivity index (χ0) is 11.3. The zero-order valence-corrected chi connectivity index (χ0v) is 9.87.